The molecule has 1 saturated heterocycles. The molecule has 0 spiro atoms. The summed E-state index contributed by atoms with van der Waals surface area (Å²) in [6, 6.07) is 15.4. The third-order valence-corrected chi connectivity index (χ3v) is 4.24. The van der Waals surface area contributed by atoms with Gasteiger partial charge >= 0.3 is 0 Å². The number of carbonyl (C=O) groups is 1. The van der Waals surface area contributed by atoms with Crippen LogP contribution < -0.4 is 10.6 Å². The zero-order valence-corrected chi connectivity index (χ0v) is 13.2. The minimum absolute atomic E-state index is 0.00916. The lowest BCUT2D eigenvalue weighted by Gasteiger charge is -2.28. The second-order valence-electron chi connectivity index (χ2n) is 5.96. The lowest BCUT2D eigenvalue weighted by Crippen LogP contribution is -2.29. The van der Waals surface area contributed by atoms with Crippen LogP contribution >= 0.6 is 0 Å². The molecule has 0 aliphatic carbocycles. The Hall–Kier alpha value is -2.55. The number of anilines is 2. The Balaban J connectivity index is 1.65. The molecule has 2 N–H and O–H groups in total. The number of rotatable bonds is 4. The fourth-order valence-electron chi connectivity index (χ4n) is 2.86. The molecule has 0 radical (unpaired) electrons. The van der Waals surface area contributed by atoms with Gasteiger partial charge in [-0.3, -0.25) is 4.79 Å². The van der Waals surface area contributed by atoms with Crippen molar-refractivity contribution >= 4 is 23.2 Å². The van der Waals surface area contributed by atoms with E-state index in [0.29, 0.717) is 11.3 Å². The van der Waals surface area contributed by atoms with Crippen molar-refractivity contribution in [1.29, 1.82) is 0 Å². The van der Waals surface area contributed by atoms with E-state index in [1.165, 1.54) is 24.9 Å². The predicted octanol–water partition coefficient (Wildman–Crippen LogP) is 4.16. The van der Waals surface area contributed by atoms with Crippen molar-refractivity contribution < 1.29 is 4.79 Å². The number of hydrogen-bond donors (Lipinski definition) is 1. The van der Waals surface area contributed by atoms with E-state index < -0.39 is 0 Å². The summed E-state index contributed by atoms with van der Waals surface area (Å²) < 4.78 is 0. The lowest BCUT2D eigenvalue weighted by atomic mass is 10.1. The van der Waals surface area contributed by atoms with Gasteiger partial charge in [0.05, 0.1) is 0 Å². The zero-order valence-electron chi connectivity index (χ0n) is 13.2. The highest BCUT2D eigenvalue weighted by molar-refractivity contribution is 6.06. The van der Waals surface area contributed by atoms with Crippen molar-refractivity contribution in [2.75, 3.05) is 23.7 Å². The molecule has 1 heterocycles. The molecule has 2 aromatic rings. The van der Waals surface area contributed by atoms with Gasteiger partial charge in [-0.25, -0.2) is 0 Å². The van der Waals surface area contributed by atoms with Crippen LogP contribution in [0.25, 0.3) is 6.08 Å². The zero-order chi connectivity index (χ0) is 16.1. The Morgan fingerprint density at radius 3 is 2.22 bits per heavy atom. The van der Waals surface area contributed by atoms with Crippen molar-refractivity contribution in [3.05, 3.63) is 65.7 Å². The maximum atomic E-state index is 12.1. The van der Waals surface area contributed by atoms with Gasteiger partial charge in [0.1, 0.15) is 0 Å². The van der Waals surface area contributed by atoms with Crippen LogP contribution in [0.1, 0.15) is 35.2 Å². The summed E-state index contributed by atoms with van der Waals surface area (Å²) in [5, 5.41) is 0. The Bertz CT molecular complexity index is 681. The molecule has 23 heavy (non-hydrogen) atoms. The maximum Gasteiger partial charge on any atom is 0.185 e. The summed E-state index contributed by atoms with van der Waals surface area (Å²) in [6.07, 6.45) is 7.36. The van der Waals surface area contributed by atoms with Crippen LogP contribution in [0.2, 0.25) is 0 Å². The molecule has 0 atom stereocenters. The van der Waals surface area contributed by atoms with Crippen molar-refractivity contribution in [2.45, 2.75) is 19.3 Å². The molecule has 1 aliphatic heterocycles. The average molecular weight is 306 g/mol. The van der Waals surface area contributed by atoms with Crippen LogP contribution in [-0.2, 0) is 0 Å². The lowest BCUT2D eigenvalue weighted by molar-refractivity contribution is 0.104. The summed E-state index contributed by atoms with van der Waals surface area (Å²) >= 11 is 0. The Kier molecular flexibility index (Phi) is 4.77. The molecule has 1 fully saturated rings. The number of piperidine rings is 1. The first-order chi connectivity index (χ1) is 11.2. The van der Waals surface area contributed by atoms with Gasteiger partial charge in [0, 0.05) is 30.0 Å². The molecule has 3 heteroatoms. The summed E-state index contributed by atoms with van der Waals surface area (Å²) in [5.74, 6) is -0.00916. The molecule has 3 rings (SSSR count). The summed E-state index contributed by atoms with van der Waals surface area (Å²) in [7, 11) is 0. The standard InChI is InChI=1S/C20H22N2O/c21-18-9-7-17(8-10-18)20(23)13-6-16-4-11-19(12-5-16)22-14-2-1-3-15-22/h4-13H,1-3,14-15,21H2/b13-6+. The van der Waals surface area contributed by atoms with Crippen molar-refractivity contribution in [3.8, 4) is 0 Å². The fourth-order valence-corrected chi connectivity index (χ4v) is 2.86. The second kappa shape index (κ2) is 7.14. The largest absolute Gasteiger partial charge is 0.399 e. The van der Waals surface area contributed by atoms with Gasteiger partial charge in [-0.2, -0.15) is 0 Å². The van der Waals surface area contributed by atoms with Crippen LogP contribution in [0.15, 0.2) is 54.6 Å². The van der Waals surface area contributed by atoms with Crippen LogP contribution in [0.3, 0.4) is 0 Å². The number of benzene rings is 2. The molecule has 0 saturated carbocycles. The highest BCUT2D eigenvalue weighted by Gasteiger charge is 2.10. The number of hydrogen-bond acceptors (Lipinski definition) is 3. The van der Waals surface area contributed by atoms with E-state index in [1.54, 1.807) is 30.3 Å². The summed E-state index contributed by atoms with van der Waals surface area (Å²) in [4.78, 5) is 14.5. The molecule has 3 nitrogen and oxygen atoms in total. The van der Waals surface area contributed by atoms with Gasteiger partial charge < -0.3 is 10.6 Å². The highest BCUT2D eigenvalue weighted by Crippen LogP contribution is 2.20. The van der Waals surface area contributed by atoms with Crippen molar-refractivity contribution in [2.24, 2.45) is 0 Å². The van der Waals surface area contributed by atoms with Crippen LogP contribution in [0, 0.1) is 0 Å². The average Bonchev–Trinajstić information content (AvgIpc) is 2.61. The van der Waals surface area contributed by atoms with Crippen LogP contribution in [-0.4, -0.2) is 18.9 Å². The molecule has 1 aliphatic rings. The second-order valence-corrected chi connectivity index (χ2v) is 5.96. The molecule has 2 aromatic carbocycles. The third-order valence-electron chi connectivity index (χ3n) is 4.24. The molecular formula is C20H22N2O. The first kappa shape index (κ1) is 15.3. The third kappa shape index (κ3) is 4.01. The van der Waals surface area contributed by atoms with E-state index in [1.807, 2.05) is 6.08 Å². The summed E-state index contributed by atoms with van der Waals surface area (Å²) in [5.41, 5.74) is 9.26. The van der Waals surface area contributed by atoms with Crippen LogP contribution in [0.4, 0.5) is 11.4 Å². The first-order valence-electron chi connectivity index (χ1n) is 8.15. The van der Waals surface area contributed by atoms with Crippen molar-refractivity contribution in [1.82, 2.24) is 0 Å². The Morgan fingerprint density at radius 1 is 0.913 bits per heavy atom. The van der Waals surface area contributed by atoms with Gasteiger partial charge in [0.2, 0.25) is 0 Å². The van der Waals surface area contributed by atoms with Gasteiger partial charge in [-0.15, -0.1) is 0 Å². The van der Waals surface area contributed by atoms with E-state index >= 15 is 0 Å². The Labute approximate surface area is 137 Å². The number of nitrogen functional groups attached to an aromatic ring is 1. The highest BCUT2D eigenvalue weighted by atomic mass is 16.1. The topological polar surface area (TPSA) is 46.3 Å². The van der Waals surface area contributed by atoms with Crippen LogP contribution in [0.5, 0.6) is 0 Å². The van der Waals surface area contributed by atoms with E-state index in [2.05, 4.69) is 29.2 Å². The van der Waals surface area contributed by atoms with Crippen molar-refractivity contribution in [3.63, 3.8) is 0 Å². The van der Waals surface area contributed by atoms with Gasteiger partial charge in [0.25, 0.3) is 0 Å². The molecule has 0 unspecified atom stereocenters. The SMILES string of the molecule is Nc1ccc(C(=O)/C=C/c2ccc(N3CCCCC3)cc2)cc1. The number of nitrogens with zero attached hydrogens (tertiary/aromatic N) is 1. The van der Waals surface area contributed by atoms with E-state index in [4.69, 9.17) is 5.73 Å². The minimum atomic E-state index is -0.00916. The van der Waals surface area contributed by atoms with E-state index in [9.17, 15) is 4.79 Å². The normalized spacial score (nSPS) is 15.0. The molecule has 118 valence electrons. The van der Waals surface area contributed by atoms with Gasteiger partial charge in [-0.05, 0) is 67.3 Å². The maximum absolute atomic E-state index is 12.1. The first-order valence-corrected chi connectivity index (χ1v) is 8.15. The monoisotopic (exact) mass is 306 g/mol. The number of ketones is 1. The summed E-state index contributed by atoms with van der Waals surface area (Å²) in [6.45, 7) is 2.29. The Morgan fingerprint density at radius 2 is 1.57 bits per heavy atom. The molecule has 0 aromatic heterocycles. The minimum Gasteiger partial charge on any atom is -0.399 e. The predicted molar refractivity (Wildman–Crippen MR) is 96.7 cm³/mol. The molecule has 0 amide bonds. The fraction of sp³-hybridized carbons (Fsp3) is 0.250. The van der Waals surface area contributed by atoms with Gasteiger partial charge in [-0.1, -0.05) is 18.2 Å². The number of carbonyl (C=O) groups excluding carboxylic acids is 1. The quantitative estimate of drug-likeness (QED) is 0.524. The van der Waals surface area contributed by atoms with E-state index in [0.717, 1.165) is 18.7 Å². The molecule has 0 bridgehead atoms. The molecular weight excluding hydrogens is 284 g/mol. The smallest absolute Gasteiger partial charge is 0.185 e. The number of allylic oxidation sites excluding steroid dienone is 1. The number of nitrogens with two attached hydrogens (primary N) is 1. The van der Waals surface area contributed by atoms with Gasteiger partial charge in [0.15, 0.2) is 5.78 Å². The van der Waals surface area contributed by atoms with E-state index in [-0.39, 0.29) is 5.78 Å².